The minimum atomic E-state index is 0.0785. The van der Waals surface area contributed by atoms with Gasteiger partial charge in [-0.1, -0.05) is 17.7 Å². The van der Waals surface area contributed by atoms with Crippen LogP contribution in [0.5, 0.6) is 5.75 Å². The number of aromatic hydroxyl groups is 1. The van der Waals surface area contributed by atoms with Crippen molar-refractivity contribution in [1.82, 2.24) is 15.5 Å². The van der Waals surface area contributed by atoms with Crippen LogP contribution >= 0.6 is 0 Å². The van der Waals surface area contributed by atoms with Gasteiger partial charge in [-0.2, -0.15) is 5.10 Å². The van der Waals surface area contributed by atoms with Gasteiger partial charge >= 0.3 is 0 Å². The molecule has 1 aromatic heterocycles. The van der Waals surface area contributed by atoms with Crippen LogP contribution in [0.25, 0.3) is 0 Å². The molecule has 2 atom stereocenters. The van der Waals surface area contributed by atoms with Crippen molar-refractivity contribution in [2.75, 3.05) is 0 Å². The summed E-state index contributed by atoms with van der Waals surface area (Å²) in [4.78, 5) is 0. The summed E-state index contributed by atoms with van der Waals surface area (Å²) < 4.78 is 0. The number of aromatic nitrogens is 2. The molecule has 0 aliphatic heterocycles. The van der Waals surface area contributed by atoms with Crippen molar-refractivity contribution in [2.45, 2.75) is 32.9 Å². The van der Waals surface area contributed by atoms with Gasteiger partial charge in [0.25, 0.3) is 0 Å². The summed E-state index contributed by atoms with van der Waals surface area (Å²) in [5.74, 6) is 0.333. The molecular weight excluding hydrogens is 226 g/mol. The fourth-order valence-corrected chi connectivity index (χ4v) is 2.08. The Balaban J connectivity index is 2.12. The van der Waals surface area contributed by atoms with Crippen LogP contribution < -0.4 is 5.32 Å². The Hall–Kier alpha value is -1.81. The van der Waals surface area contributed by atoms with E-state index in [0.29, 0.717) is 5.75 Å². The first-order valence-electron chi connectivity index (χ1n) is 6.12. The lowest BCUT2D eigenvalue weighted by Crippen LogP contribution is -2.22. The van der Waals surface area contributed by atoms with Gasteiger partial charge in [-0.05, 0) is 26.8 Å². The highest BCUT2D eigenvalue weighted by Gasteiger charge is 2.14. The lowest BCUT2D eigenvalue weighted by molar-refractivity contribution is 0.438. The number of benzene rings is 1. The Kier molecular flexibility index (Phi) is 3.67. The van der Waals surface area contributed by atoms with E-state index in [-0.39, 0.29) is 12.1 Å². The Morgan fingerprint density at radius 3 is 2.72 bits per heavy atom. The van der Waals surface area contributed by atoms with Crippen molar-refractivity contribution in [2.24, 2.45) is 0 Å². The number of nitrogens with zero attached hydrogens (tertiary/aromatic N) is 1. The number of phenolic OH excluding ortho intramolecular Hbond substituents is 1. The number of aryl methyl sites for hydroxylation is 1. The third kappa shape index (κ3) is 2.71. The summed E-state index contributed by atoms with van der Waals surface area (Å²) in [7, 11) is 0. The molecule has 0 aliphatic carbocycles. The van der Waals surface area contributed by atoms with Crippen LogP contribution in [0.2, 0.25) is 0 Å². The predicted octanol–water partition coefficient (Wildman–Crippen LogP) is 2.84. The summed E-state index contributed by atoms with van der Waals surface area (Å²) in [5, 5.41) is 20.1. The molecule has 1 heterocycles. The molecule has 0 saturated carbocycles. The van der Waals surface area contributed by atoms with Gasteiger partial charge in [0.15, 0.2) is 0 Å². The van der Waals surface area contributed by atoms with Crippen molar-refractivity contribution in [3.63, 3.8) is 0 Å². The highest BCUT2D eigenvalue weighted by Crippen LogP contribution is 2.27. The maximum Gasteiger partial charge on any atom is 0.120 e. The average Bonchev–Trinajstić information content (AvgIpc) is 2.85. The molecule has 2 unspecified atom stereocenters. The number of rotatable bonds is 4. The first kappa shape index (κ1) is 12.6. The molecule has 18 heavy (non-hydrogen) atoms. The number of H-pyrrole nitrogens is 1. The van der Waals surface area contributed by atoms with E-state index in [1.807, 2.05) is 32.2 Å². The second-order valence-corrected chi connectivity index (χ2v) is 4.70. The molecule has 2 aromatic rings. The molecule has 0 bridgehead atoms. The molecule has 1 aromatic carbocycles. The number of phenols is 1. The van der Waals surface area contributed by atoms with E-state index in [0.717, 1.165) is 16.7 Å². The minimum Gasteiger partial charge on any atom is -0.508 e. The van der Waals surface area contributed by atoms with Crippen LogP contribution in [0.3, 0.4) is 0 Å². The van der Waals surface area contributed by atoms with Gasteiger partial charge in [0.1, 0.15) is 5.75 Å². The highest BCUT2D eigenvalue weighted by molar-refractivity contribution is 5.37. The fourth-order valence-electron chi connectivity index (χ4n) is 2.08. The molecule has 4 nitrogen and oxygen atoms in total. The van der Waals surface area contributed by atoms with Crippen LogP contribution in [0.1, 0.15) is 42.6 Å². The molecule has 0 aliphatic rings. The molecule has 96 valence electrons. The predicted molar refractivity (Wildman–Crippen MR) is 71.4 cm³/mol. The maximum absolute atomic E-state index is 9.89. The van der Waals surface area contributed by atoms with Crippen molar-refractivity contribution < 1.29 is 5.11 Å². The van der Waals surface area contributed by atoms with Crippen molar-refractivity contribution >= 4 is 0 Å². The van der Waals surface area contributed by atoms with Gasteiger partial charge in [0, 0.05) is 29.4 Å². The van der Waals surface area contributed by atoms with Crippen molar-refractivity contribution in [1.29, 1.82) is 0 Å². The zero-order chi connectivity index (χ0) is 13.1. The van der Waals surface area contributed by atoms with Gasteiger partial charge in [0.2, 0.25) is 0 Å². The standard InChI is InChI=1S/C14H19N3O/c1-9-4-5-14(18)13(6-9)11(3)17-10(2)12-7-15-16-8-12/h4-8,10-11,17-18H,1-3H3,(H,15,16). The Morgan fingerprint density at radius 1 is 1.28 bits per heavy atom. The molecule has 0 spiro atoms. The van der Waals surface area contributed by atoms with Gasteiger partial charge < -0.3 is 10.4 Å². The topological polar surface area (TPSA) is 60.9 Å². The molecule has 3 N–H and O–H groups in total. The first-order chi connectivity index (χ1) is 8.58. The van der Waals surface area contributed by atoms with E-state index in [1.165, 1.54) is 0 Å². The smallest absolute Gasteiger partial charge is 0.120 e. The van der Waals surface area contributed by atoms with Gasteiger partial charge in [-0.25, -0.2) is 0 Å². The van der Waals surface area contributed by atoms with E-state index >= 15 is 0 Å². The third-order valence-corrected chi connectivity index (χ3v) is 3.17. The molecule has 2 rings (SSSR count). The van der Waals surface area contributed by atoms with E-state index in [9.17, 15) is 5.11 Å². The van der Waals surface area contributed by atoms with Gasteiger partial charge in [-0.3, -0.25) is 5.10 Å². The first-order valence-corrected chi connectivity index (χ1v) is 6.12. The van der Waals surface area contributed by atoms with Gasteiger partial charge in [0.05, 0.1) is 6.20 Å². The number of aromatic amines is 1. The van der Waals surface area contributed by atoms with Gasteiger partial charge in [-0.15, -0.1) is 0 Å². The highest BCUT2D eigenvalue weighted by atomic mass is 16.3. The number of hydrogen-bond acceptors (Lipinski definition) is 3. The number of hydrogen-bond donors (Lipinski definition) is 3. The number of nitrogens with one attached hydrogen (secondary N) is 2. The summed E-state index contributed by atoms with van der Waals surface area (Å²) in [6.45, 7) is 6.15. The zero-order valence-electron chi connectivity index (χ0n) is 10.9. The normalized spacial score (nSPS) is 14.4. The van der Waals surface area contributed by atoms with E-state index in [2.05, 4.69) is 22.4 Å². The van der Waals surface area contributed by atoms with Crippen molar-refractivity contribution in [3.05, 3.63) is 47.3 Å². The van der Waals surface area contributed by atoms with Crippen molar-refractivity contribution in [3.8, 4) is 5.75 Å². The second-order valence-electron chi connectivity index (χ2n) is 4.70. The molecule has 0 fully saturated rings. The monoisotopic (exact) mass is 245 g/mol. The van der Waals surface area contributed by atoms with E-state index in [4.69, 9.17) is 0 Å². The summed E-state index contributed by atoms with van der Waals surface area (Å²) in [5.41, 5.74) is 3.17. The SMILES string of the molecule is Cc1ccc(O)c(C(C)NC(C)c2cn[nH]c2)c1. The Bertz CT molecular complexity index is 508. The summed E-state index contributed by atoms with van der Waals surface area (Å²) in [6.07, 6.45) is 3.68. The maximum atomic E-state index is 9.89. The van der Waals surface area contributed by atoms with Crippen LogP contribution in [0.15, 0.2) is 30.6 Å². The van der Waals surface area contributed by atoms with Crippen LogP contribution in [-0.2, 0) is 0 Å². The molecule has 0 radical (unpaired) electrons. The molecule has 0 amide bonds. The van der Waals surface area contributed by atoms with Crippen LogP contribution in [-0.4, -0.2) is 15.3 Å². The molecule has 0 saturated heterocycles. The summed E-state index contributed by atoms with van der Waals surface area (Å²) >= 11 is 0. The quantitative estimate of drug-likeness (QED) is 0.776. The Labute approximate surface area is 107 Å². The lowest BCUT2D eigenvalue weighted by Gasteiger charge is -2.20. The third-order valence-electron chi connectivity index (χ3n) is 3.17. The second kappa shape index (κ2) is 5.23. The molecule has 4 heteroatoms. The minimum absolute atomic E-state index is 0.0785. The fraction of sp³-hybridized carbons (Fsp3) is 0.357. The van der Waals surface area contributed by atoms with E-state index in [1.54, 1.807) is 12.3 Å². The Morgan fingerprint density at radius 2 is 2.06 bits per heavy atom. The van der Waals surface area contributed by atoms with E-state index < -0.39 is 0 Å². The summed E-state index contributed by atoms with van der Waals surface area (Å²) in [6, 6.07) is 5.92. The van der Waals surface area contributed by atoms with Crippen LogP contribution in [0, 0.1) is 6.92 Å². The average molecular weight is 245 g/mol. The largest absolute Gasteiger partial charge is 0.508 e. The molecular formula is C14H19N3O. The lowest BCUT2D eigenvalue weighted by atomic mass is 10.0. The van der Waals surface area contributed by atoms with Crippen LogP contribution in [0.4, 0.5) is 0 Å². The zero-order valence-corrected chi connectivity index (χ0v) is 10.9.